The van der Waals surface area contributed by atoms with Crippen LogP contribution >= 0.6 is 11.8 Å². The number of hydrogen-bond acceptors (Lipinski definition) is 6. The Labute approximate surface area is 181 Å². The van der Waals surface area contributed by atoms with Crippen LogP contribution in [0.4, 0.5) is 0 Å². The first kappa shape index (κ1) is 22.3. The van der Waals surface area contributed by atoms with E-state index in [0.717, 1.165) is 23.8 Å². The number of nitrogens with zero attached hydrogens (tertiary/aromatic N) is 3. The second-order valence-electron chi connectivity index (χ2n) is 7.82. The molecule has 2 aromatic rings. The van der Waals surface area contributed by atoms with Gasteiger partial charge in [0.1, 0.15) is 5.82 Å². The zero-order valence-corrected chi connectivity index (χ0v) is 19.0. The fourth-order valence-electron chi connectivity index (χ4n) is 4.17. The first-order valence-electron chi connectivity index (χ1n) is 10.4. The molecule has 3 rings (SSSR count). The van der Waals surface area contributed by atoms with Crippen molar-refractivity contribution >= 4 is 23.5 Å². The van der Waals surface area contributed by atoms with Crippen molar-refractivity contribution in [1.82, 2.24) is 19.7 Å². The lowest BCUT2D eigenvalue weighted by Crippen LogP contribution is -2.17. The molecule has 1 N–H and O–H groups in total. The molecule has 162 valence electrons. The van der Waals surface area contributed by atoms with Gasteiger partial charge in [0, 0.05) is 18.2 Å². The Balaban J connectivity index is 1.83. The summed E-state index contributed by atoms with van der Waals surface area (Å²) in [6, 6.07) is 0. The number of H-pyrrole nitrogens is 1. The van der Waals surface area contributed by atoms with Crippen molar-refractivity contribution in [2.24, 2.45) is 0 Å². The number of hydrogen-bond donors (Lipinski definition) is 1. The number of esters is 1. The van der Waals surface area contributed by atoms with Crippen LogP contribution < -0.4 is 0 Å². The molecule has 1 aliphatic rings. The minimum Gasteiger partial charge on any atom is -0.465 e. The number of allylic oxidation sites excluding steroid dienone is 1. The predicted molar refractivity (Wildman–Crippen MR) is 117 cm³/mol. The maximum absolute atomic E-state index is 13.1. The highest BCUT2D eigenvalue weighted by Gasteiger charge is 2.28. The van der Waals surface area contributed by atoms with Crippen molar-refractivity contribution < 1.29 is 14.3 Å². The maximum atomic E-state index is 13.1. The minimum atomic E-state index is -0.441. The summed E-state index contributed by atoms with van der Waals surface area (Å²) < 4.78 is 6.93. The summed E-state index contributed by atoms with van der Waals surface area (Å²) in [7, 11) is 1.34. The quantitative estimate of drug-likeness (QED) is 0.285. The van der Waals surface area contributed by atoms with E-state index in [4.69, 9.17) is 4.74 Å². The monoisotopic (exact) mass is 430 g/mol. The van der Waals surface area contributed by atoms with E-state index in [2.05, 4.69) is 26.3 Å². The number of Topliss-reactive ketones (excluding diaryl/α,β-unsaturated/α-hetero) is 1. The summed E-state index contributed by atoms with van der Waals surface area (Å²) in [6.45, 7) is 9.88. The third kappa shape index (κ3) is 4.38. The zero-order valence-electron chi connectivity index (χ0n) is 18.2. The van der Waals surface area contributed by atoms with Crippen molar-refractivity contribution in [1.29, 1.82) is 0 Å². The van der Waals surface area contributed by atoms with E-state index in [0.29, 0.717) is 35.0 Å². The van der Waals surface area contributed by atoms with Crippen molar-refractivity contribution in [3.05, 3.63) is 41.0 Å². The zero-order chi connectivity index (χ0) is 21.8. The van der Waals surface area contributed by atoms with E-state index in [-0.39, 0.29) is 11.0 Å². The molecular formula is C22H30N4O3S. The van der Waals surface area contributed by atoms with Gasteiger partial charge in [-0.05, 0) is 39.2 Å². The SMILES string of the molecule is C=CCn1c(S[C@H](C)C(=O)c2[nH]c(C)c(C(=O)OC)c2C)nnc1C1CCCCC1. The fourth-order valence-corrected chi connectivity index (χ4v) is 5.09. The highest BCUT2D eigenvalue weighted by atomic mass is 32.2. The van der Waals surface area contributed by atoms with Crippen LogP contribution in [0.2, 0.25) is 0 Å². The van der Waals surface area contributed by atoms with Crippen LogP contribution in [0.15, 0.2) is 17.8 Å². The number of rotatable bonds is 8. The van der Waals surface area contributed by atoms with Crippen LogP contribution in [0.5, 0.6) is 0 Å². The highest BCUT2D eigenvalue weighted by molar-refractivity contribution is 8.00. The van der Waals surface area contributed by atoms with Gasteiger partial charge in [-0.1, -0.05) is 37.1 Å². The average molecular weight is 431 g/mol. The van der Waals surface area contributed by atoms with Gasteiger partial charge in [-0.2, -0.15) is 0 Å². The number of carbonyl (C=O) groups is 2. The van der Waals surface area contributed by atoms with Crippen LogP contribution in [0.25, 0.3) is 0 Å². The second kappa shape index (κ2) is 9.64. The third-order valence-electron chi connectivity index (χ3n) is 5.75. The molecule has 0 aliphatic heterocycles. The van der Waals surface area contributed by atoms with Crippen molar-refractivity contribution in [2.45, 2.75) is 75.7 Å². The van der Waals surface area contributed by atoms with E-state index in [1.165, 1.54) is 38.1 Å². The van der Waals surface area contributed by atoms with Crippen LogP contribution in [0, 0.1) is 13.8 Å². The number of aryl methyl sites for hydroxylation is 1. The van der Waals surface area contributed by atoms with Gasteiger partial charge in [0.05, 0.1) is 23.6 Å². The Hall–Kier alpha value is -2.35. The summed E-state index contributed by atoms with van der Waals surface area (Å²) >= 11 is 1.39. The predicted octanol–water partition coefficient (Wildman–Crippen LogP) is 4.61. The summed E-state index contributed by atoms with van der Waals surface area (Å²) in [5, 5.41) is 9.22. The minimum absolute atomic E-state index is 0.0804. The Kier molecular flexibility index (Phi) is 7.18. The number of nitrogens with one attached hydrogen (secondary N) is 1. The van der Waals surface area contributed by atoms with E-state index in [1.54, 1.807) is 13.8 Å². The maximum Gasteiger partial charge on any atom is 0.339 e. The molecule has 30 heavy (non-hydrogen) atoms. The number of ether oxygens (including phenoxy) is 1. The van der Waals surface area contributed by atoms with Crippen molar-refractivity contribution in [2.75, 3.05) is 7.11 Å². The van der Waals surface area contributed by atoms with E-state index in [9.17, 15) is 9.59 Å². The average Bonchev–Trinajstić information content (AvgIpc) is 3.28. The highest BCUT2D eigenvalue weighted by Crippen LogP contribution is 2.34. The van der Waals surface area contributed by atoms with Gasteiger partial charge in [-0.3, -0.25) is 4.79 Å². The Morgan fingerprint density at radius 3 is 2.63 bits per heavy atom. The molecule has 8 heteroatoms. The molecule has 0 aromatic carbocycles. The molecule has 0 radical (unpaired) electrons. The molecule has 1 fully saturated rings. The van der Waals surface area contributed by atoms with Gasteiger partial charge >= 0.3 is 5.97 Å². The number of aromatic nitrogens is 4. The molecular weight excluding hydrogens is 400 g/mol. The van der Waals surface area contributed by atoms with Gasteiger partial charge in [0.25, 0.3) is 0 Å². The molecule has 1 aliphatic carbocycles. The lowest BCUT2D eigenvalue weighted by molar-refractivity contribution is 0.0599. The van der Waals surface area contributed by atoms with Gasteiger partial charge in [-0.15, -0.1) is 16.8 Å². The molecule has 1 saturated carbocycles. The number of carbonyl (C=O) groups excluding carboxylic acids is 2. The fraction of sp³-hybridized carbons (Fsp3) is 0.545. The summed E-state index contributed by atoms with van der Waals surface area (Å²) in [6.07, 6.45) is 7.82. The molecule has 0 saturated heterocycles. The molecule has 2 aromatic heterocycles. The first-order chi connectivity index (χ1) is 14.4. The van der Waals surface area contributed by atoms with E-state index < -0.39 is 5.97 Å². The first-order valence-corrected chi connectivity index (χ1v) is 11.3. The van der Waals surface area contributed by atoms with Crippen molar-refractivity contribution in [3.63, 3.8) is 0 Å². The molecule has 0 spiro atoms. The third-order valence-corrected chi connectivity index (χ3v) is 6.83. The number of thioether (sulfide) groups is 1. The van der Waals surface area contributed by atoms with Gasteiger partial charge in [0.2, 0.25) is 0 Å². The Bertz CT molecular complexity index is 941. The van der Waals surface area contributed by atoms with Crippen LogP contribution in [0.3, 0.4) is 0 Å². The number of methoxy groups -OCH3 is 1. The largest absolute Gasteiger partial charge is 0.465 e. The molecule has 0 unspecified atom stereocenters. The summed E-state index contributed by atoms with van der Waals surface area (Å²) in [5.41, 5.74) is 2.12. The van der Waals surface area contributed by atoms with Crippen LogP contribution in [0.1, 0.15) is 82.9 Å². The lowest BCUT2D eigenvalue weighted by atomic mass is 9.89. The molecule has 2 heterocycles. The van der Waals surface area contributed by atoms with E-state index in [1.807, 2.05) is 13.0 Å². The second-order valence-corrected chi connectivity index (χ2v) is 9.12. The van der Waals surface area contributed by atoms with Crippen molar-refractivity contribution in [3.8, 4) is 0 Å². The summed E-state index contributed by atoms with van der Waals surface area (Å²) in [5.74, 6) is 0.894. The van der Waals surface area contributed by atoms with Gasteiger partial charge in [-0.25, -0.2) is 4.79 Å². The van der Waals surface area contributed by atoms with Gasteiger partial charge < -0.3 is 14.3 Å². The summed E-state index contributed by atoms with van der Waals surface area (Å²) in [4.78, 5) is 28.2. The molecule has 0 bridgehead atoms. The normalized spacial score (nSPS) is 15.7. The molecule has 1 atom stereocenters. The van der Waals surface area contributed by atoms with E-state index >= 15 is 0 Å². The standard InChI is InChI=1S/C22H30N4O3S/c1-6-12-26-20(16-10-8-7-9-11-16)24-25-22(26)30-15(4)19(27)18-13(2)17(14(3)23-18)21(28)29-5/h6,15-16,23H,1,7-12H2,2-5H3/t15-/m1/s1. The Morgan fingerprint density at radius 2 is 2.00 bits per heavy atom. The topological polar surface area (TPSA) is 89.9 Å². The number of ketones is 1. The smallest absolute Gasteiger partial charge is 0.339 e. The van der Waals surface area contributed by atoms with Gasteiger partial charge in [0.15, 0.2) is 10.9 Å². The number of aromatic amines is 1. The lowest BCUT2D eigenvalue weighted by Gasteiger charge is -2.21. The molecule has 7 nitrogen and oxygen atoms in total. The van der Waals surface area contributed by atoms with Crippen LogP contribution in [-0.4, -0.2) is 43.9 Å². The molecule has 0 amide bonds. The Morgan fingerprint density at radius 1 is 1.30 bits per heavy atom. The van der Waals surface area contributed by atoms with Crippen LogP contribution in [-0.2, 0) is 11.3 Å².